The Morgan fingerprint density at radius 3 is 1.87 bits per heavy atom. The summed E-state index contributed by atoms with van der Waals surface area (Å²) in [5.41, 5.74) is 1.07. The standard InChI is InChI=1S/C25H42O4Si2/c1-24(2,3)30(7,8)28-21-17-16-20(26)22(29-31(9,10)25(4,5)6)23(21)27-18-19-14-12-11-13-15-19/h11-17,21-23H,18H2,1-10H3/t21-,22+,23+/m0/s1. The van der Waals surface area contributed by atoms with E-state index in [1.165, 1.54) is 0 Å². The van der Waals surface area contributed by atoms with Gasteiger partial charge in [-0.1, -0.05) is 78.0 Å². The van der Waals surface area contributed by atoms with Gasteiger partial charge in [-0.05, 0) is 47.9 Å². The third kappa shape index (κ3) is 6.48. The molecule has 0 saturated heterocycles. The lowest BCUT2D eigenvalue weighted by atomic mass is 9.97. The van der Waals surface area contributed by atoms with Crippen LogP contribution in [0.1, 0.15) is 47.1 Å². The van der Waals surface area contributed by atoms with Crippen molar-refractivity contribution in [2.24, 2.45) is 0 Å². The average Bonchev–Trinajstić information content (AvgIpc) is 2.62. The quantitative estimate of drug-likeness (QED) is 0.434. The number of carbonyl (C=O) groups excluding carboxylic acids is 1. The van der Waals surface area contributed by atoms with Gasteiger partial charge < -0.3 is 13.6 Å². The lowest BCUT2D eigenvalue weighted by molar-refractivity contribution is -0.138. The maximum absolute atomic E-state index is 13.0. The SMILES string of the molecule is CC(C)(C)[Si](C)(C)O[C@H]1C=CC(=O)[C@@H](O[Si](C)(C)C(C)(C)C)[C@@H]1OCc1ccccc1. The molecule has 0 saturated carbocycles. The number of hydrogen-bond donors (Lipinski definition) is 0. The largest absolute Gasteiger partial charge is 0.408 e. The maximum Gasteiger partial charge on any atom is 0.193 e. The van der Waals surface area contributed by atoms with Gasteiger partial charge in [-0.25, -0.2) is 0 Å². The molecule has 0 fully saturated rings. The second-order valence-corrected chi connectivity index (χ2v) is 21.2. The Balaban J connectivity index is 2.36. The number of ketones is 1. The molecule has 1 aromatic carbocycles. The first-order valence-corrected chi connectivity index (χ1v) is 17.1. The maximum atomic E-state index is 13.0. The van der Waals surface area contributed by atoms with Crippen LogP contribution in [0.4, 0.5) is 0 Å². The number of carbonyl (C=O) groups is 1. The van der Waals surface area contributed by atoms with Crippen molar-refractivity contribution < 1.29 is 18.4 Å². The molecule has 4 nitrogen and oxygen atoms in total. The van der Waals surface area contributed by atoms with Gasteiger partial charge in [0.05, 0.1) is 12.7 Å². The van der Waals surface area contributed by atoms with E-state index in [9.17, 15) is 4.79 Å². The van der Waals surface area contributed by atoms with E-state index in [2.05, 4.69) is 67.7 Å². The molecule has 2 rings (SSSR count). The normalized spacial score (nSPS) is 23.3. The molecule has 1 aromatic rings. The zero-order valence-electron chi connectivity index (χ0n) is 21.1. The fraction of sp³-hybridized carbons (Fsp3) is 0.640. The van der Waals surface area contributed by atoms with Crippen molar-refractivity contribution >= 4 is 22.4 Å². The van der Waals surface area contributed by atoms with Crippen molar-refractivity contribution in [3.8, 4) is 0 Å². The molecule has 0 unspecified atom stereocenters. The zero-order chi connectivity index (χ0) is 23.7. The van der Waals surface area contributed by atoms with Gasteiger partial charge in [-0.3, -0.25) is 4.79 Å². The lowest BCUT2D eigenvalue weighted by Gasteiger charge is -2.45. The molecule has 0 bridgehead atoms. The van der Waals surface area contributed by atoms with E-state index >= 15 is 0 Å². The van der Waals surface area contributed by atoms with E-state index in [0.29, 0.717) is 6.61 Å². The van der Waals surface area contributed by atoms with Gasteiger partial charge in [0.2, 0.25) is 0 Å². The molecule has 0 aromatic heterocycles. The third-order valence-corrected chi connectivity index (χ3v) is 16.0. The molecule has 31 heavy (non-hydrogen) atoms. The van der Waals surface area contributed by atoms with Crippen LogP contribution in [0, 0.1) is 0 Å². The van der Waals surface area contributed by atoms with Crippen molar-refractivity contribution in [1.82, 2.24) is 0 Å². The molecule has 6 heteroatoms. The number of benzene rings is 1. The van der Waals surface area contributed by atoms with Gasteiger partial charge in [0.1, 0.15) is 12.2 Å². The van der Waals surface area contributed by atoms with Gasteiger partial charge in [-0.15, -0.1) is 0 Å². The Morgan fingerprint density at radius 2 is 1.35 bits per heavy atom. The number of rotatable bonds is 7. The van der Waals surface area contributed by atoms with Crippen LogP contribution in [0.2, 0.25) is 36.3 Å². The summed E-state index contributed by atoms with van der Waals surface area (Å²) in [4.78, 5) is 13.0. The molecule has 0 aliphatic heterocycles. The summed E-state index contributed by atoms with van der Waals surface area (Å²) in [6, 6.07) is 10.1. The first-order valence-electron chi connectivity index (χ1n) is 11.3. The smallest absolute Gasteiger partial charge is 0.193 e. The van der Waals surface area contributed by atoms with Crippen LogP contribution in [-0.2, 0) is 25.0 Å². The van der Waals surface area contributed by atoms with Crippen LogP contribution in [0.25, 0.3) is 0 Å². The van der Waals surface area contributed by atoms with Gasteiger partial charge >= 0.3 is 0 Å². The van der Waals surface area contributed by atoms with Crippen LogP contribution in [0.3, 0.4) is 0 Å². The fourth-order valence-electron chi connectivity index (χ4n) is 2.92. The molecular weight excluding hydrogens is 420 g/mol. The fourth-order valence-corrected chi connectivity index (χ4v) is 5.41. The second-order valence-electron chi connectivity index (χ2n) is 11.7. The molecule has 1 aliphatic rings. The topological polar surface area (TPSA) is 44.8 Å². The second kappa shape index (κ2) is 9.43. The van der Waals surface area contributed by atoms with E-state index in [1.807, 2.05) is 36.4 Å². The Kier molecular flexibility index (Phi) is 7.97. The van der Waals surface area contributed by atoms with Crippen molar-refractivity contribution in [2.75, 3.05) is 0 Å². The van der Waals surface area contributed by atoms with Gasteiger partial charge in [0.15, 0.2) is 22.4 Å². The van der Waals surface area contributed by atoms with E-state index < -0.39 is 28.8 Å². The predicted molar refractivity (Wildman–Crippen MR) is 133 cm³/mol. The molecule has 0 radical (unpaired) electrons. The monoisotopic (exact) mass is 462 g/mol. The Morgan fingerprint density at radius 1 is 0.839 bits per heavy atom. The van der Waals surface area contributed by atoms with Crippen molar-refractivity contribution in [2.45, 2.75) is 103 Å². The highest BCUT2D eigenvalue weighted by Crippen LogP contribution is 2.41. The number of hydrogen-bond acceptors (Lipinski definition) is 4. The van der Waals surface area contributed by atoms with Crippen molar-refractivity contribution in [3.05, 3.63) is 48.0 Å². The van der Waals surface area contributed by atoms with Crippen molar-refractivity contribution in [3.63, 3.8) is 0 Å². The summed E-state index contributed by atoms with van der Waals surface area (Å²) in [5.74, 6) is -0.0297. The minimum Gasteiger partial charge on any atom is -0.408 e. The summed E-state index contributed by atoms with van der Waals surface area (Å²) in [6.07, 6.45) is 2.09. The lowest BCUT2D eigenvalue weighted by Crippen LogP contribution is -2.57. The summed E-state index contributed by atoms with van der Waals surface area (Å²) < 4.78 is 19.8. The van der Waals surface area contributed by atoms with Crippen molar-refractivity contribution in [1.29, 1.82) is 0 Å². The molecule has 3 atom stereocenters. The molecule has 0 heterocycles. The van der Waals surface area contributed by atoms with E-state index in [4.69, 9.17) is 13.6 Å². The summed E-state index contributed by atoms with van der Waals surface area (Å²) in [5, 5.41) is 0.0519. The molecular formula is C25H42O4Si2. The van der Waals surface area contributed by atoms with Crippen LogP contribution in [-0.4, -0.2) is 40.7 Å². The van der Waals surface area contributed by atoms with E-state index in [0.717, 1.165) is 5.56 Å². The molecule has 0 spiro atoms. The van der Waals surface area contributed by atoms with E-state index in [-0.39, 0.29) is 22.0 Å². The minimum absolute atomic E-state index is 0.00575. The summed E-state index contributed by atoms with van der Waals surface area (Å²) in [7, 11) is -4.26. The van der Waals surface area contributed by atoms with Gasteiger partial charge in [0.25, 0.3) is 0 Å². The Bertz CT molecular complexity index is 773. The number of ether oxygens (including phenoxy) is 1. The van der Waals surface area contributed by atoms with E-state index in [1.54, 1.807) is 6.08 Å². The first kappa shape index (κ1) is 26.2. The van der Waals surface area contributed by atoms with Crippen LogP contribution >= 0.6 is 0 Å². The van der Waals surface area contributed by atoms with Crippen LogP contribution < -0.4 is 0 Å². The highest BCUT2D eigenvalue weighted by molar-refractivity contribution is 6.74. The van der Waals surface area contributed by atoms with Gasteiger partial charge in [0, 0.05) is 0 Å². The van der Waals surface area contributed by atoms with Crippen LogP contribution in [0.15, 0.2) is 42.5 Å². The molecule has 0 amide bonds. The average molecular weight is 463 g/mol. The summed E-state index contributed by atoms with van der Waals surface area (Å²) in [6.45, 7) is 22.5. The highest BCUT2D eigenvalue weighted by Gasteiger charge is 2.48. The molecule has 1 aliphatic carbocycles. The first-order chi connectivity index (χ1) is 14.1. The minimum atomic E-state index is -2.19. The molecule has 174 valence electrons. The molecule has 0 N–H and O–H groups in total. The Labute approximate surface area is 191 Å². The third-order valence-electron chi connectivity index (χ3n) is 7.10. The Hall–Kier alpha value is -1.06. The van der Waals surface area contributed by atoms with Crippen LogP contribution in [0.5, 0.6) is 0 Å². The zero-order valence-corrected chi connectivity index (χ0v) is 23.1. The van der Waals surface area contributed by atoms with Gasteiger partial charge in [-0.2, -0.15) is 0 Å². The highest BCUT2D eigenvalue weighted by atomic mass is 28.4. The summed E-state index contributed by atoms with van der Waals surface area (Å²) >= 11 is 0. The predicted octanol–water partition coefficient (Wildman–Crippen LogP) is 6.49.